The van der Waals surface area contributed by atoms with Gasteiger partial charge in [0.15, 0.2) is 5.82 Å². The van der Waals surface area contributed by atoms with Crippen molar-refractivity contribution in [2.45, 2.75) is 6.92 Å². The van der Waals surface area contributed by atoms with Gasteiger partial charge in [0.1, 0.15) is 13.5 Å². The number of nitrogens with one attached hydrogen (secondary N) is 1. The Morgan fingerprint density at radius 1 is 1.33 bits per heavy atom. The summed E-state index contributed by atoms with van der Waals surface area (Å²) in [5, 5.41) is 7.11. The van der Waals surface area contributed by atoms with Crippen molar-refractivity contribution in [3.05, 3.63) is 61.9 Å². The molecule has 0 unspecified atom stereocenters. The van der Waals surface area contributed by atoms with Gasteiger partial charge in [0.05, 0.1) is 16.3 Å². The molecule has 0 spiro atoms. The van der Waals surface area contributed by atoms with Crippen LogP contribution in [0.1, 0.15) is 26.4 Å². The second-order valence-electron chi connectivity index (χ2n) is 5.64. The topological polar surface area (TPSA) is 103 Å². The van der Waals surface area contributed by atoms with E-state index in [1.807, 2.05) is 6.07 Å². The van der Waals surface area contributed by atoms with E-state index in [9.17, 15) is 9.59 Å². The van der Waals surface area contributed by atoms with E-state index in [2.05, 4.69) is 38.0 Å². The van der Waals surface area contributed by atoms with Crippen molar-refractivity contribution < 1.29 is 9.59 Å². The van der Waals surface area contributed by atoms with Crippen LogP contribution in [0.3, 0.4) is 0 Å². The summed E-state index contributed by atoms with van der Waals surface area (Å²) < 4.78 is 2.07. The number of hydrogen-bond donors (Lipinski definition) is 2. The maximum Gasteiger partial charge on any atom is 0.274 e. The summed E-state index contributed by atoms with van der Waals surface area (Å²) in [6, 6.07) is 8.10. The van der Waals surface area contributed by atoms with Gasteiger partial charge in [-0.2, -0.15) is 5.10 Å². The smallest absolute Gasteiger partial charge is 0.274 e. The molecule has 0 aliphatic heterocycles. The highest BCUT2D eigenvalue weighted by atomic mass is 127. The van der Waals surface area contributed by atoms with Crippen molar-refractivity contribution in [2.24, 2.45) is 5.73 Å². The molecule has 134 valence electrons. The lowest BCUT2D eigenvalue weighted by Gasteiger charge is -2.14. The van der Waals surface area contributed by atoms with E-state index in [0.717, 1.165) is 3.57 Å². The average molecular weight is 491 g/mol. The second-order valence-corrected chi connectivity index (χ2v) is 7.29. The van der Waals surface area contributed by atoms with Crippen molar-refractivity contribution in [1.29, 1.82) is 0 Å². The highest BCUT2D eigenvalue weighted by molar-refractivity contribution is 14.1. The number of pyridine rings is 1. The lowest BCUT2D eigenvalue weighted by molar-refractivity contribution is 0.100. The Bertz CT molecular complexity index is 1070. The third-order valence-corrected chi connectivity index (χ3v) is 4.62. The Morgan fingerprint density at radius 3 is 2.74 bits per heavy atom. The zero-order valence-corrected chi connectivity index (χ0v) is 16.9. The highest BCUT2D eigenvalue weighted by Crippen LogP contribution is 2.25. The van der Waals surface area contributed by atoms with Gasteiger partial charge < -0.3 is 11.1 Å². The zero-order chi connectivity index (χ0) is 19.7. The number of aromatic nitrogens is 3. The van der Waals surface area contributed by atoms with Gasteiger partial charge in [-0.25, -0.2) is 9.67 Å². The Morgan fingerprint density at radius 2 is 2.07 bits per heavy atom. The summed E-state index contributed by atoms with van der Waals surface area (Å²) >= 11 is 8.23. The van der Waals surface area contributed by atoms with Gasteiger partial charge in [-0.15, -0.1) is 0 Å². The quantitative estimate of drug-likeness (QED) is 0.430. The molecule has 0 atom stereocenters. The second kappa shape index (κ2) is 7.69. The van der Waals surface area contributed by atoms with Crippen LogP contribution in [-0.4, -0.2) is 34.4 Å². The minimum atomic E-state index is -0.646. The molecule has 10 heteroatoms. The lowest BCUT2D eigenvalue weighted by Crippen LogP contribution is -2.22. The standard InChI is InChI=1S/C17H12BClIN5O2/c1-8-5-9(20)6-10(15(21)26)14(8)23-17(27)12-7-13(18)24-25(12)16-11(19)3-2-4-22-16/h2-7H,1H3,(H2,21,26)(H,23,27). The lowest BCUT2D eigenvalue weighted by atomic mass is 10.0. The molecule has 0 aliphatic carbocycles. The Labute approximate surface area is 174 Å². The predicted molar refractivity (Wildman–Crippen MR) is 112 cm³/mol. The monoisotopic (exact) mass is 491 g/mol. The molecule has 0 saturated carbocycles. The van der Waals surface area contributed by atoms with E-state index in [-0.39, 0.29) is 22.7 Å². The third kappa shape index (κ3) is 3.98. The predicted octanol–water partition coefficient (Wildman–Crippen LogP) is 1.98. The Hall–Kier alpha value is -2.40. The first-order chi connectivity index (χ1) is 12.8. The zero-order valence-electron chi connectivity index (χ0n) is 14.0. The van der Waals surface area contributed by atoms with E-state index in [4.69, 9.17) is 25.2 Å². The maximum absolute atomic E-state index is 12.9. The Kier molecular flexibility index (Phi) is 5.52. The van der Waals surface area contributed by atoms with Gasteiger partial charge in [0.25, 0.3) is 11.8 Å². The van der Waals surface area contributed by atoms with Crippen LogP contribution >= 0.6 is 34.2 Å². The van der Waals surface area contributed by atoms with Gasteiger partial charge in [-0.3, -0.25) is 9.59 Å². The number of aryl methyl sites for hydroxylation is 1. The van der Waals surface area contributed by atoms with Crippen LogP contribution in [0.15, 0.2) is 36.5 Å². The average Bonchev–Trinajstić information content (AvgIpc) is 2.99. The van der Waals surface area contributed by atoms with E-state index in [0.29, 0.717) is 16.3 Å². The molecule has 3 rings (SSSR count). The number of rotatable bonds is 4. The van der Waals surface area contributed by atoms with Crippen molar-refractivity contribution >= 4 is 65.1 Å². The van der Waals surface area contributed by atoms with Crippen molar-refractivity contribution in [2.75, 3.05) is 5.32 Å². The van der Waals surface area contributed by atoms with E-state index >= 15 is 0 Å². The van der Waals surface area contributed by atoms with Crippen molar-refractivity contribution in [3.63, 3.8) is 0 Å². The molecule has 1 aromatic carbocycles. The number of primary amides is 1. The molecule has 2 amide bonds. The normalized spacial score (nSPS) is 10.6. The molecule has 0 fully saturated rings. The third-order valence-electron chi connectivity index (χ3n) is 3.70. The fourth-order valence-corrected chi connectivity index (χ4v) is 3.52. The summed E-state index contributed by atoms with van der Waals surface area (Å²) in [6.07, 6.45) is 1.52. The molecule has 2 radical (unpaired) electrons. The number of nitrogens with zero attached hydrogens (tertiary/aromatic N) is 3. The molecule has 0 aliphatic rings. The SMILES string of the molecule is [B]c1cc(C(=O)Nc2c(C)cc(I)cc2C(N)=O)n(-c2ncccc2Cl)n1. The molecule has 0 bridgehead atoms. The maximum atomic E-state index is 12.9. The first-order valence-electron chi connectivity index (χ1n) is 7.65. The molecule has 3 aromatic rings. The van der Waals surface area contributed by atoms with Crippen LogP contribution in [0, 0.1) is 10.5 Å². The van der Waals surface area contributed by atoms with Crippen LogP contribution < -0.4 is 16.6 Å². The molecule has 2 aromatic heterocycles. The van der Waals surface area contributed by atoms with Gasteiger partial charge >= 0.3 is 0 Å². The minimum absolute atomic E-state index is 0.112. The number of carbonyl (C=O) groups excluding carboxylic acids is 2. The van der Waals surface area contributed by atoms with Gasteiger partial charge in [-0.1, -0.05) is 11.6 Å². The summed E-state index contributed by atoms with van der Waals surface area (Å²) in [6.45, 7) is 1.77. The van der Waals surface area contributed by atoms with E-state index in [1.54, 1.807) is 25.1 Å². The van der Waals surface area contributed by atoms with Crippen LogP contribution in [0.5, 0.6) is 0 Å². The van der Waals surface area contributed by atoms with Crippen molar-refractivity contribution in [1.82, 2.24) is 14.8 Å². The summed E-state index contributed by atoms with van der Waals surface area (Å²) in [5.41, 5.74) is 6.92. The fraction of sp³-hybridized carbons (Fsp3) is 0.0588. The summed E-state index contributed by atoms with van der Waals surface area (Å²) in [5.74, 6) is -0.920. The van der Waals surface area contributed by atoms with E-state index < -0.39 is 11.8 Å². The van der Waals surface area contributed by atoms with Gasteiger partial charge in [0.2, 0.25) is 0 Å². The van der Waals surface area contributed by atoms with Crippen LogP contribution in [0.2, 0.25) is 5.02 Å². The van der Waals surface area contributed by atoms with Gasteiger partial charge in [0, 0.05) is 15.4 Å². The van der Waals surface area contributed by atoms with Gasteiger partial charge in [-0.05, 0) is 65.4 Å². The number of halogens is 2. The molecule has 0 saturated heterocycles. The molecule has 27 heavy (non-hydrogen) atoms. The van der Waals surface area contributed by atoms with Crippen LogP contribution in [0.25, 0.3) is 5.82 Å². The molecule has 7 nitrogen and oxygen atoms in total. The molecular formula is C17H12BClIN5O2. The number of amides is 2. The number of nitrogens with two attached hydrogens (primary N) is 1. The molecular weight excluding hydrogens is 479 g/mol. The molecule has 3 N–H and O–H groups in total. The van der Waals surface area contributed by atoms with Crippen LogP contribution in [0.4, 0.5) is 5.69 Å². The largest absolute Gasteiger partial charge is 0.366 e. The van der Waals surface area contributed by atoms with Crippen molar-refractivity contribution in [3.8, 4) is 5.82 Å². The number of carbonyl (C=O) groups is 2. The molecule has 2 heterocycles. The highest BCUT2D eigenvalue weighted by Gasteiger charge is 2.21. The number of hydrogen-bond acceptors (Lipinski definition) is 4. The summed E-state index contributed by atoms with van der Waals surface area (Å²) in [4.78, 5) is 28.8. The van der Waals surface area contributed by atoms with E-state index in [1.165, 1.54) is 16.9 Å². The minimum Gasteiger partial charge on any atom is -0.366 e. The summed E-state index contributed by atoms with van der Waals surface area (Å²) in [7, 11) is 5.77. The Balaban J connectivity index is 2.05. The fourth-order valence-electron chi connectivity index (χ4n) is 2.54. The number of benzene rings is 1. The number of anilines is 1. The van der Waals surface area contributed by atoms with Crippen LogP contribution in [-0.2, 0) is 0 Å². The first kappa shape index (κ1) is 19.4. The first-order valence-corrected chi connectivity index (χ1v) is 9.11.